The molecule has 0 aliphatic heterocycles. The van der Waals surface area contributed by atoms with Gasteiger partial charge in [0.15, 0.2) is 0 Å². The molecule has 0 radical (unpaired) electrons. The van der Waals surface area contributed by atoms with Crippen molar-refractivity contribution in [2.75, 3.05) is 0 Å². The summed E-state index contributed by atoms with van der Waals surface area (Å²) in [6, 6.07) is 9.34. The zero-order chi connectivity index (χ0) is 18.9. The van der Waals surface area contributed by atoms with Gasteiger partial charge >= 0.3 is 5.97 Å². The van der Waals surface area contributed by atoms with E-state index < -0.39 is 0 Å². The average Bonchev–Trinajstić information content (AvgIpc) is 2.62. The van der Waals surface area contributed by atoms with E-state index in [1.54, 1.807) is 0 Å². The predicted molar refractivity (Wildman–Crippen MR) is 112 cm³/mol. The van der Waals surface area contributed by atoms with Crippen molar-refractivity contribution in [2.45, 2.75) is 104 Å². The van der Waals surface area contributed by atoms with E-state index in [-0.39, 0.29) is 5.97 Å². The Morgan fingerprint density at radius 1 is 0.731 bits per heavy atom. The van der Waals surface area contributed by atoms with Gasteiger partial charge in [0.2, 0.25) is 0 Å². The molecule has 0 saturated heterocycles. The molecular formula is C24H40O2. The van der Waals surface area contributed by atoms with Gasteiger partial charge in [-0.3, -0.25) is 4.79 Å². The third-order valence-corrected chi connectivity index (χ3v) is 4.89. The summed E-state index contributed by atoms with van der Waals surface area (Å²) in [7, 11) is 0. The molecule has 2 heteroatoms. The minimum Gasteiger partial charge on any atom is -0.427 e. The quantitative estimate of drug-likeness (QED) is 0.171. The normalized spacial score (nSPS) is 11.0. The molecule has 0 heterocycles. The van der Waals surface area contributed by atoms with E-state index in [0.717, 1.165) is 18.8 Å². The van der Waals surface area contributed by atoms with Crippen molar-refractivity contribution in [3.8, 4) is 5.75 Å². The first-order chi connectivity index (χ1) is 12.7. The lowest BCUT2D eigenvalue weighted by atomic mass is 10.0. The lowest BCUT2D eigenvalue weighted by molar-refractivity contribution is -0.134. The van der Waals surface area contributed by atoms with Crippen LogP contribution in [0.5, 0.6) is 5.75 Å². The number of unbranched alkanes of at least 4 members (excludes halogenated alkanes) is 11. The van der Waals surface area contributed by atoms with Crippen LogP contribution < -0.4 is 4.74 Å². The Labute approximate surface area is 161 Å². The molecule has 0 bridgehead atoms. The van der Waals surface area contributed by atoms with Crippen molar-refractivity contribution in [3.05, 3.63) is 30.3 Å². The molecule has 1 aromatic carbocycles. The second-order valence-electron chi connectivity index (χ2n) is 7.96. The molecular weight excluding hydrogens is 320 g/mol. The highest BCUT2D eigenvalue weighted by molar-refractivity contribution is 5.72. The van der Waals surface area contributed by atoms with Crippen LogP contribution >= 0.6 is 0 Å². The molecule has 0 spiro atoms. The summed E-state index contributed by atoms with van der Waals surface area (Å²) < 4.78 is 5.29. The topological polar surface area (TPSA) is 26.3 Å². The van der Waals surface area contributed by atoms with Crippen molar-refractivity contribution < 1.29 is 9.53 Å². The maximum absolute atomic E-state index is 11.7. The van der Waals surface area contributed by atoms with Gasteiger partial charge in [-0.15, -0.1) is 0 Å². The van der Waals surface area contributed by atoms with Gasteiger partial charge in [0.05, 0.1) is 0 Å². The first-order valence-electron chi connectivity index (χ1n) is 10.9. The fourth-order valence-electron chi connectivity index (χ4n) is 3.26. The maximum atomic E-state index is 11.7. The highest BCUT2D eigenvalue weighted by atomic mass is 16.5. The molecule has 0 aliphatic rings. The zero-order valence-corrected chi connectivity index (χ0v) is 17.2. The number of carbonyl (C=O) groups is 1. The van der Waals surface area contributed by atoms with Crippen LogP contribution in [0.25, 0.3) is 0 Å². The van der Waals surface area contributed by atoms with Crippen LogP contribution in [0, 0.1) is 5.92 Å². The number of hydrogen-bond acceptors (Lipinski definition) is 2. The molecule has 26 heavy (non-hydrogen) atoms. The third-order valence-electron chi connectivity index (χ3n) is 4.89. The monoisotopic (exact) mass is 360 g/mol. The van der Waals surface area contributed by atoms with Gasteiger partial charge in [0.1, 0.15) is 5.75 Å². The van der Waals surface area contributed by atoms with E-state index in [4.69, 9.17) is 4.74 Å². The van der Waals surface area contributed by atoms with Crippen LogP contribution in [0.2, 0.25) is 0 Å². The average molecular weight is 361 g/mol. The molecule has 0 N–H and O–H groups in total. The lowest BCUT2D eigenvalue weighted by Gasteiger charge is -2.05. The number of carbonyl (C=O) groups excluding carboxylic acids is 1. The Hall–Kier alpha value is -1.31. The fraction of sp³-hybridized carbons (Fsp3) is 0.708. The predicted octanol–water partition coefficient (Wildman–Crippen LogP) is 7.71. The van der Waals surface area contributed by atoms with Crippen molar-refractivity contribution in [2.24, 2.45) is 5.92 Å². The minimum absolute atomic E-state index is 0.107. The highest BCUT2D eigenvalue weighted by Gasteiger charge is 2.04. The van der Waals surface area contributed by atoms with E-state index in [1.807, 2.05) is 30.3 Å². The van der Waals surface area contributed by atoms with Gasteiger partial charge in [-0.25, -0.2) is 0 Å². The van der Waals surface area contributed by atoms with Crippen LogP contribution in [-0.2, 0) is 4.79 Å². The molecule has 0 fully saturated rings. The molecule has 0 aromatic heterocycles. The highest BCUT2D eigenvalue weighted by Crippen LogP contribution is 2.15. The Kier molecular flexibility index (Phi) is 13.9. The summed E-state index contributed by atoms with van der Waals surface area (Å²) in [6.45, 7) is 4.63. The second kappa shape index (κ2) is 15.9. The van der Waals surface area contributed by atoms with Gasteiger partial charge < -0.3 is 4.74 Å². The molecule has 0 aliphatic carbocycles. The van der Waals surface area contributed by atoms with Gasteiger partial charge in [0, 0.05) is 6.42 Å². The SMILES string of the molecule is CC(C)CCCCCCCCCCCCCCC(=O)Oc1ccccc1. The molecule has 0 amide bonds. The molecule has 0 atom stereocenters. The molecule has 2 nitrogen and oxygen atoms in total. The number of hydrogen-bond donors (Lipinski definition) is 0. The van der Waals surface area contributed by atoms with Crippen LogP contribution in [-0.4, -0.2) is 5.97 Å². The summed E-state index contributed by atoms with van der Waals surface area (Å²) in [5.74, 6) is 1.41. The summed E-state index contributed by atoms with van der Waals surface area (Å²) in [5, 5.41) is 0. The van der Waals surface area contributed by atoms with E-state index in [2.05, 4.69) is 13.8 Å². The number of ether oxygens (including phenoxy) is 1. The number of esters is 1. The molecule has 1 rings (SSSR count). The Balaban J connectivity index is 1.79. The molecule has 0 unspecified atom stereocenters. The molecule has 0 saturated carbocycles. The standard InChI is InChI=1S/C24H40O2/c1-22(2)18-14-11-9-7-5-3-4-6-8-10-12-17-21-24(25)26-23-19-15-13-16-20-23/h13,15-16,19-20,22H,3-12,14,17-18,21H2,1-2H3. The smallest absolute Gasteiger partial charge is 0.311 e. The van der Waals surface area contributed by atoms with Crippen LogP contribution in [0.1, 0.15) is 104 Å². The summed E-state index contributed by atoms with van der Waals surface area (Å²) in [6.07, 6.45) is 17.8. The molecule has 1 aromatic rings. The van der Waals surface area contributed by atoms with Crippen molar-refractivity contribution in [3.63, 3.8) is 0 Å². The van der Waals surface area contributed by atoms with E-state index in [0.29, 0.717) is 12.2 Å². The zero-order valence-electron chi connectivity index (χ0n) is 17.2. The Bertz CT molecular complexity index is 439. The van der Waals surface area contributed by atoms with Crippen molar-refractivity contribution in [1.82, 2.24) is 0 Å². The lowest BCUT2D eigenvalue weighted by Crippen LogP contribution is -2.07. The fourth-order valence-corrected chi connectivity index (χ4v) is 3.26. The summed E-state index contributed by atoms with van der Waals surface area (Å²) in [4.78, 5) is 11.7. The first kappa shape index (κ1) is 22.7. The number of para-hydroxylation sites is 1. The maximum Gasteiger partial charge on any atom is 0.311 e. The van der Waals surface area contributed by atoms with Crippen molar-refractivity contribution in [1.29, 1.82) is 0 Å². The van der Waals surface area contributed by atoms with E-state index in [1.165, 1.54) is 70.6 Å². The van der Waals surface area contributed by atoms with Gasteiger partial charge in [-0.1, -0.05) is 109 Å². The van der Waals surface area contributed by atoms with E-state index in [9.17, 15) is 4.79 Å². The van der Waals surface area contributed by atoms with Gasteiger partial charge in [-0.2, -0.15) is 0 Å². The Morgan fingerprint density at radius 3 is 1.69 bits per heavy atom. The largest absolute Gasteiger partial charge is 0.427 e. The van der Waals surface area contributed by atoms with Crippen LogP contribution in [0.15, 0.2) is 30.3 Å². The Morgan fingerprint density at radius 2 is 1.19 bits per heavy atom. The third kappa shape index (κ3) is 13.9. The van der Waals surface area contributed by atoms with Crippen LogP contribution in [0.4, 0.5) is 0 Å². The molecule has 148 valence electrons. The summed E-state index contributed by atoms with van der Waals surface area (Å²) >= 11 is 0. The van der Waals surface area contributed by atoms with Gasteiger partial charge in [-0.05, 0) is 24.5 Å². The minimum atomic E-state index is -0.107. The number of benzene rings is 1. The summed E-state index contributed by atoms with van der Waals surface area (Å²) in [5.41, 5.74) is 0. The number of rotatable bonds is 16. The second-order valence-corrected chi connectivity index (χ2v) is 7.96. The van der Waals surface area contributed by atoms with Crippen molar-refractivity contribution >= 4 is 5.97 Å². The van der Waals surface area contributed by atoms with Crippen LogP contribution in [0.3, 0.4) is 0 Å². The van der Waals surface area contributed by atoms with Gasteiger partial charge in [0.25, 0.3) is 0 Å². The van der Waals surface area contributed by atoms with E-state index >= 15 is 0 Å². The first-order valence-corrected chi connectivity index (χ1v) is 10.9.